The zero-order valence-corrected chi connectivity index (χ0v) is 12.3. The quantitative estimate of drug-likeness (QED) is 0.786. The molecule has 0 amide bonds. The summed E-state index contributed by atoms with van der Waals surface area (Å²) in [4.78, 5) is 17.0. The third kappa shape index (κ3) is 2.23. The topological polar surface area (TPSA) is 95.9 Å². The molecular formula is C13H13N5O2S. The Morgan fingerprint density at radius 3 is 2.86 bits per heavy atom. The number of fused-ring (bicyclic) bond motifs is 1. The third-order valence-electron chi connectivity index (χ3n) is 3.22. The van der Waals surface area contributed by atoms with Gasteiger partial charge in [-0.25, -0.2) is 4.98 Å². The van der Waals surface area contributed by atoms with E-state index in [2.05, 4.69) is 15.2 Å². The Hall–Kier alpha value is -2.48. The van der Waals surface area contributed by atoms with Crippen molar-refractivity contribution in [2.45, 2.75) is 13.0 Å². The first-order valence-electron chi connectivity index (χ1n) is 6.24. The molecular weight excluding hydrogens is 290 g/mol. The van der Waals surface area contributed by atoms with Crippen LogP contribution in [-0.2, 0) is 0 Å². The van der Waals surface area contributed by atoms with Crippen LogP contribution < -0.4 is 16.0 Å². The summed E-state index contributed by atoms with van der Waals surface area (Å²) in [6.45, 7) is 1.85. The highest BCUT2D eigenvalue weighted by atomic mass is 32.1. The summed E-state index contributed by atoms with van der Waals surface area (Å²) in [6, 6.07) is 5.02. The summed E-state index contributed by atoms with van der Waals surface area (Å²) in [5.41, 5.74) is 6.01. The number of nitrogens with two attached hydrogens (primary N) is 1. The number of anilines is 1. The summed E-state index contributed by atoms with van der Waals surface area (Å²) in [5, 5.41) is 9.24. The average molecular weight is 303 g/mol. The molecule has 3 aromatic rings. The molecule has 0 saturated heterocycles. The first-order chi connectivity index (χ1) is 10.1. The Morgan fingerprint density at radius 2 is 2.19 bits per heavy atom. The summed E-state index contributed by atoms with van der Waals surface area (Å²) in [7, 11) is 1.53. The van der Waals surface area contributed by atoms with E-state index in [0.29, 0.717) is 26.8 Å². The number of nitrogen functional groups attached to an aromatic ring is 1. The Kier molecular flexibility index (Phi) is 3.30. The van der Waals surface area contributed by atoms with Crippen LogP contribution in [-0.4, -0.2) is 26.9 Å². The minimum atomic E-state index is -0.297. The number of aromatic nitrogens is 4. The van der Waals surface area contributed by atoms with Crippen molar-refractivity contribution < 1.29 is 4.74 Å². The van der Waals surface area contributed by atoms with Crippen molar-refractivity contribution in [1.82, 2.24) is 19.7 Å². The molecule has 2 heterocycles. The van der Waals surface area contributed by atoms with Crippen molar-refractivity contribution in [3.05, 3.63) is 39.9 Å². The van der Waals surface area contributed by atoms with Gasteiger partial charge in [-0.05, 0) is 19.1 Å². The molecule has 108 valence electrons. The largest absolute Gasteiger partial charge is 0.496 e. The van der Waals surface area contributed by atoms with E-state index in [1.807, 2.05) is 6.92 Å². The molecule has 0 fully saturated rings. The van der Waals surface area contributed by atoms with Crippen LogP contribution in [0.2, 0.25) is 0 Å². The Labute approximate surface area is 124 Å². The lowest BCUT2D eigenvalue weighted by molar-refractivity contribution is 0.419. The van der Waals surface area contributed by atoms with Crippen molar-refractivity contribution in [3.63, 3.8) is 0 Å². The first-order valence-corrected chi connectivity index (χ1v) is 7.06. The van der Waals surface area contributed by atoms with Crippen molar-refractivity contribution in [1.29, 1.82) is 0 Å². The van der Waals surface area contributed by atoms with Crippen molar-refractivity contribution in [2.75, 3.05) is 12.8 Å². The molecule has 2 aromatic heterocycles. The van der Waals surface area contributed by atoms with Crippen molar-refractivity contribution in [2.24, 2.45) is 0 Å². The highest BCUT2D eigenvalue weighted by Gasteiger charge is 2.17. The molecule has 0 saturated carbocycles. The third-order valence-corrected chi connectivity index (χ3v) is 4.15. The van der Waals surface area contributed by atoms with Crippen LogP contribution >= 0.6 is 11.3 Å². The van der Waals surface area contributed by atoms with Gasteiger partial charge in [-0.2, -0.15) is 0 Å². The zero-order valence-electron chi connectivity index (χ0n) is 11.5. The molecule has 1 aromatic carbocycles. The maximum Gasteiger partial charge on any atom is 0.265 e. The molecule has 0 spiro atoms. The average Bonchev–Trinajstić information content (AvgIpc) is 2.93. The normalized spacial score (nSPS) is 12.5. The van der Waals surface area contributed by atoms with E-state index in [-0.39, 0.29) is 11.6 Å². The molecule has 1 atom stereocenters. The van der Waals surface area contributed by atoms with Gasteiger partial charge in [-0.1, -0.05) is 17.4 Å². The van der Waals surface area contributed by atoms with Crippen LogP contribution in [0.3, 0.4) is 0 Å². The van der Waals surface area contributed by atoms with Gasteiger partial charge in [0.05, 0.1) is 25.0 Å². The first kappa shape index (κ1) is 13.5. The maximum absolute atomic E-state index is 12.7. The number of methoxy groups -OCH3 is 1. The van der Waals surface area contributed by atoms with E-state index in [1.54, 1.807) is 18.2 Å². The van der Waals surface area contributed by atoms with Crippen molar-refractivity contribution >= 4 is 27.4 Å². The smallest absolute Gasteiger partial charge is 0.265 e. The van der Waals surface area contributed by atoms with Crippen LogP contribution in [0.1, 0.15) is 18.0 Å². The molecule has 0 aliphatic heterocycles. The number of hydrogen-bond acceptors (Lipinski definition) is 7. The van der Waals surface area contributed by atoms with Gasteiger partial charge < -0.3 is 10.5 Å². The molecule has 7 nitrogen and oxygen atoms in total. The SMILES string of the molecule is COc1cccc2ncn(C(C)c3nnc(N)s3)c(=O)c12. The summed E-state index contributed by atoms with van der Waals surface area (Å²) < 4.78 is 6.76. The van der Waals surface area contributed by atoms with Crippen LogP contribution in [0.25, 0.3) is 10.9 Å². The minimum absolute atomic E-state index is 0.182. The standard InChI is InChI=1S/C13H13N5O2S/c1-7(11-16-17-13(14)21-11)18-6-15-8-4-3-5-9(20-2)10(8)12(18)19/h3-7H,1-2H3,(H2,14,17). The van der Waals surface area contributed by atoms with Gasteiger partial charge >= 0.3 is 0 Å². The van der Waals surface area contributed by atoms with E-state index in [4.69, 9.17) is 10.5 Å². The lowest BCUT2D eigenvalue weighted by Crippen LogP contribution is -2.24. The summed E-state index contributed by atoms with van der Waals surface area (Å²) in [6.07, 6.45) is 1.51. The second-order valence-electron chi connectivity index (χ2n) is 4.47. The van der Waals surface area contributed by atoms with Gasteiger partial charge in [-0.3, -0.25) is 9.36 Å². The zero-order chi connectivity index (χ0) is 15.0. The summed E-state index contributed by atoms with van der Waals surface area (Å²) in [5.74, 6) is 0.503. The van der Waals surface area contributed by atoms with E-state index in [1.165, 1.54) is 29.3 Å². The second-order valence-corrected chi connectivity index (χ2v) is 5.51. The van der Waals surface area contributed by atoms with Gasteiger partial charge in [0.25, 0.3) is 5.56 Å². The van der Waals surface area contributed by atoms with Crippen molar-refractivity contribution in [3.8, 4) is 5.75 Å². The van der Waals surface area contributed by atoms with Crippen LogP contribution in [0.5, 0.6) is 5.75 Å². The molecule has 0 aliphatic rings. The number of nitrogens with zero attached hydrogens (tertiary/aromatic N) is 4. The number of ether oxygens (including phenoxy) is 1. The van der Waals surface area contributed by atoms with Crippen LogP contribution in [0, 0.1) is 0 Å². The van der Waals surface area contributed by atoms with E-state index >= 15 is 0 Å². The van der Waals surface area contributed by atoms with Gasteiger partial charge in [0, 0.05) is 0 Å². The number of hydrogen-bond donors (Lipinski definition) is 1. The maximum atomic E-state index is 12.7. The predicted octanol–water partition coefficient (Wildman–Crippen LogP) is 1.45. The van der Waals surface area contributed by atoms with Crippen LogP contribution in [0.4, 0.5) is 5.13 Å². The highest BCUT2D eigenvalue weighted by molar-refractivity contribution is 7.15. The number of benzene rings is 1. The highest BCUT2D eigenvalue weighted by Crippen LogP contribution is 2.24. The second kappa shape index (κ2) is 5.13. The molecule has 3 rings (SSSR count). The number of rotatable bonds is 3. The molecule has 1 unspecified atom stereocenters. The van der Waals surface area contributed by atoms with Gasteiger partial charge in [0.1, 0.15) is 16.1 Å². The molecule has 0 radical (unpaired) electrons. The fraction of sp³-hybridized carbons (Fsp3) is 0.231. The molecule has 8 heteroatoms. The fourth-order valence-corrected chi connectivity index (χ4v) is 2.79. The van der Waals surface area contributed by atoms with Gasteiger partial charge in [0.2, 0.25) is 5.13 Å². The Morgan fingerprint density at radius 1 is 1.38 bits per heavy atom. The molecule has 21 heavy (non-hydrogen) atoms. The van der Waals surface area contributed by atoms with E-state index in [0.717, 1.165) is 0 Å². The molecule has 2 N–H and O–H groups in total. The van der Waals surface area contributed by atoms with E-state index in [9.17, 15) is 4.79 Å². The molecule has 0 aliphatic carbocycles. The lowest BCUT2D eigenvalue weighted by Gasteiger charge is -2.13. The fourth-order valence-electron chi connectivity index (χ4n) is 2.13. The minimum Gasteiger partial charge on any atom is -0.496 e. The van der Waals surface area contributed by atoms with E-state index < -0.39 is 0 Å². The summed E-state index contributed by atoms with van der Waals surface area (Å²) >= 11 is 1.25. The van der Waals surface area contributed by atoms with Crippen LogP contribution in [0.15, 0.2) is 29.3 Å². The Balaban J connectivity index is 2.20. The van der Waals surface area contributed by atoms with Gasteiger partial charge in [-0.15, -0.1) is 10.2 Å². The molecule has 0 bridgehead atoms. The van der Waals surface area contributed by atoms with Gasteiger partial charge in [0.15, 0.2) is 0 Å². The Bertz CT molecular complexity index is 857. The monoisotopic (exact) mass is 303 g/mol. The predicted molar refractivity (Wildman–Crippen MR) is 80.7 cm³/mol. The lowest BCUT2D eigenvalue weighted by atomic mass is 10.2.